The summed E-state index contributed by atoms with van der Waals surface area (Å²) in [6, 6.07) is -0.335. The van der Waals surface area contributed by atoms with Crippen molar-refractivity contribution in [2.24, 2.45) is 5.73 Å². The lowest BCUT2D eigenvalue weighted by molar-refractivity contribution is 0.188. The smallest absolute Gasteiger partial charge is 0.315 e. The summed E-state index contributed by atoms with van der Waals surface area (Å²) in [5, 5.41) is 5.60. The third-order valence-corrected chi connectivity index (χ3v) is 2.78. The van der Waals surface area contributed by atoms with E-state index in [1.807, 2.05) is 6.92 Å². The van der Waals surface area contributed by atoms with Crippen molar-refractivity contribution in [2.75, 3.05) is 13.2 Å². The van der Waals surface area contributed by atoms with E-state index >= 15 is 0 Å². The average Bonchev–Trinajstić information content (AvgIpc) is 2.69. The van der Waals surface area contributed by atoms with Crippen LogP contribution in [0.1, 0.15) is 26.2 Å². The van der Waals surface area contributed by atoms with Crippen LogP contribution >= 0.6 is 12.2 Å². The Labute approximate surface area is 101 Å². The summed E-state index contributed by atoms with van der Waals surface area (Å²) in [4.78, 5) is 11.9. The van der Waals surface area contributed by atoms with Crippen molar-refractivity contribution in [2.45, 2.75) is 38.3 Å². The Balaban J connectivity index is 2.32. The maximum Gasteiger partial charge on any atom is 0.315 e. The number of amides is 2. The van der Waals surface area contributed by atoms with Gasteiger partial charge in [-0.2, -0.15) is 0 Å². The van der Waals surface area contributed by atoms with Gasteiger partial charge < -0.3 is 21.1 Å². The van der Waals surface area contributed by atoms with Crippen LogP contribution in [0.2, 0.25) is 0 Å². The van der Waals surface area contributed by atoms with Crippen molar-refractivity contribution in [1.82, 2.24) is 10.6 Å². The fourth-order valence-electron chi connectivity index (χ4n) is 1.61. The van der Waals surface area contributed by atoms with Gasteiger partial charge in [-0.25, -0.2) is 4.79 Å². The summed E-state index contributed by atoms with van der Waals surface area (Å²) in [6.07, 6.45) is 2.55. The molecule has 0 aromatic rings. The maximum atomic E-state index is 11.6. The van der Waals surface area contributed by atoms with Crippen molar-refractivity contribution < 1.29 is 9.53 Å². The molecule has 0 aromatic carbocycles. The molecule has 92 valence electrons. The first-order chi connectivity index (χ1) is 7.63. The molecule has 1 saturated heterocycles. The zero-order valence-corrected chi connectivity index (χ0v) is 10.3. The number of nitrogens with one attached hydrogen (secondary N) is 2. The molecular weight excluding hydrogens is 226 g/mol. The van der Waals surface area contributed by atoms with Gasteiger partial charge in [-0.15, -0.1) is 0 Å². The quantitative estimate of drug-likeness (QED) is 0.618. The number of thiocarbonyl (C=S) groups is 1. The first-order valence-electron chi connectivity index (χ1n) is 5.57. The minimum Gasteiger partial charge on any atom is -0.392 e. The summed E-state index contributed by atoms with van der Waals surface area (Å²) in [5.41, 5.74) is 5.54. The minimum absolute atomic E-state index is 0.105. The highest BCUT2D eigenvalue weighted by atomic mass is 32.1. The Morgan fingerprint density at radius 3 is 2.94 bits per heavy atom. The lowest BCUT2D eigenvalue weighted by Gasteiger charge is -2.18. The van der Waals surface area contributed by atoms with E-state index in [0.717, 1.165) is 19.3 Å². The summed E-state index contributed by atoms with van der Waals surface area (Å²) >= 11 is 4.89. The lowest BCUT2D eigenvalue weighted by Crippen LogP contribution is -2.50. The van der Waals surface area contributed by atoms with Crippen molar-refractivity contribution in [3.8, 4) is 0 Å². The molecule has 2 unspecified atom stereocenters. The van der Waals surface area contributed by atoms with Crippen molar-refractivity contribution in [3.05, 3.63) is 0 Å². The highest BCUT2D eigenvalue weighted by Gasteiger charge is 2.20. The van der Waals surface area contributed by atoms with E-state index < -0.39 is 0 Å². The predicted octanol–water partition coefficient (Wildman–Crippen LogP) is 0.529. The molecule has 2 atom stereocenters. The fraction of sp³-hybridized carbons (Fsp3) is 0.800. The highest BCUT2D eigenvalue weighted by Crippen LogP contribution is 2.03. The van der Waals surface area contributed by atoms with E-state index in [1.165, 1.54) is 0 Å². The van der Waals surface area contributed by atoms with E-state index in [1.54, 1.807) is 0 Å². The molecule has 5 nitrogen and oxygen atoms in total. The summed E-state index contributed by atoms with van der Waals surface area (Å²) < 4.78 is 5.16. The van der Waals surface area contributed by atoms with Crippen LogP contribution in [-0.4, -0.2) is 36.3 Å². The summed E-state index contributed by atoms with van der Waals surface area (Å²) in [6.45, 7) is 3.31. The normalized spacial score (nSPS) is 21.4. The van der Waals surface area contributed by atoms with E-state index in [-0.39, 0.29) is 18.1 Å². The average molecular weight is 245 g/mol. The van der Waals surface area contributed by atoms with Crippen LogP contribution < -0.4 is 16.4 Å². The zero-order chi connectivity index (χ0) is 12.0. The van der Waals surface area contributed by atoms with Gasteiger partial charge in [0, 0.05) is 6.61 Å². The van der Waals surface area contributed by atoms with Gasteiger partial charge in [0.05, 0.1) is 23.7 Å². The molecule has 0 aliphatic carbocycles. The standard InChI is InChI=1S/C10H19N3O2S/c1-2-3-8(9(11)16)13-10(14)12-7-4-5-15-6-7/h7-8H,2-6H2,1H3,(H2,11,16)(H2,12,13,14). The monoisotopic (exact) mass is 245 g/mol. The van der Waals surface area contributed by atoms with Crippen LogP contribution in [0.3, 0.4) is 0 Å². The largest absolute Gasteiger partial charge is 0.392 e. The Kier molecular flexibility index (Phi) is 5.48. The van der Waals surface area contributed by atoms with Crippen molar-refractivity contribution in [3.63, 3.8) is 0 Å². The van der Waals surface area contributed by atoms with Gasteiger partial charge in [-0.3, -0.25) is 0 Å². The Morgan fingerprint density at radius 1 is 1.69 bits per heavy atom. The van der Waals surface area contributed by atoms with Crippen molar-refractivity contribution >= 4 is 23.2 Å². The van der Waals surface area contributed by atoms with Gasteiger partial charge in [0.2, 0.25) is 0 Å². The van der Waals surface area contributed by atoms with E-state index in [4.69, 9.17) is 22.7 Å². The molecule has 16 heavy (non-hydrogen) atoms. The minimum atomic E-state index is -0.221. The molecule has 0 saturated carbocycles. The van der Waals surface area contributed by atoms with Crippen LogP contribution in [0.5, 0.6) is 0 Å². The van der Waals surface area contributed by atoms with Gasteiger partial charge in [-0.1, -0.05) is 25.6 Å². The van der Waals surface area contributed by atoms with Crippen LogP contribution in [0, 0.1) is 0 Å². The summed E-state index contributed by atoms with van der Waals surface area (Å²) in [7, 11) is 0. The molecule has 0 bridgehead atoms. The maximum absolute atomic E-state index is 11.6. The van der Waals surface area contributed by atoms with Gasteiger partial charge in [0.15, 0.2) is 0 Å². The van der Waals surface area contributed by atoms with E-state index in [0.29, 0.717) is 18.2 Å². The van der Waals surface area contributed by atoms with Gasteiger partial charge in [0.1, 0.15) is 0 Å². The van der Waals surface area contributed by atoms with Gasteiger partial charge >= 0.3 is 6.03 Å². The second-order valence-electron chi connectivity index (χ2n) is 3.92. The predicted molar refractivity (Wildman–Crippen MR) is 66.4 cm³/mol. The number of urea groups is 1. The van der Waals surface area contributed by atoms with Crippen LogP contribution in [-0.2, 0) is 4.74 Å². The first-order valence-corrected chi connectivity index (χ1v) is 5.98. The molecule has 1 fully saturated rings. The second-order valence-corrected chi connectivity index (χ2v) is 4.39. The Bertz CT molecular complexity index is 254. The lowest BCUT2D eigenvalue weighted by atomic mass is 10.2. The highest BCUT2D eigenvalue weighted by molar-refractivity contribution is 7.80. The molecule has 1 rings (SSSR count). The molecule has 1 heterocycles. The fourth-order valence-corrected chi connectivity index (χ4v) is 1.78. The molecule has 2 amide bonds. The Hall–Kier alpha value is -0.880. The number of rotatable bonds is 5. The molecule has 0 radical (unpaired) electrons. The first kappa shape index (κ1) is 13.2. The molecule has 1 aliphatic rings. The second kappa shape index (κ2) is 6.65. The third-order valence-electron chi connectivity index (χ3n) is 2.49. The van der Waals surface area contributed by atoms with Gasteiger partial charge in [-0.05, 0) is 12.8 Å². The van der Waals surface area contributed by atoms with Crippen LogP contribution in [0.4, 0.5) is 4.79 Å². The zero-order valence-electron chi connectivity index (χ0n) is 9.49. The van der Waals surface area contributed by atoms with Crippen LogP contribution in [0.15, 0.2) is 0 Å². The molecule has 0 spiro atoms. The topological polar surface area (TPSA) is 76.4 Å². The van der Waals surface area contributed by atoms with Crippen LogP contribution in [0.25, 0.3) is 0 Å². The number of hydrogen-bond donors (Lipinski definition) is 3. The SMILES string of the molecule is CCCC(NC(=O)NC1CCOC1)C(N)=S. The number of carbonyl (C=O) groups is 1. The number of ether oxygens (including phenoxy) is 1. The van der Waals surface area contributed by atoms with E-state index in [2.05, 4.69) is 10.6 Å². The molecular formula is C10H19N3O2S. The molecule has 6 heteroatoms. The molecule has 4 N–H and O–H groups in total. The van der Waals surface area contributed by atoms with Gasteiger partial charge in [0.25, 0.3) is 0 Å². The third kappa shape index (κ3) is 4.32. The Morgan fingerprint density at radius 2 is 2.44 bits per heavy atom. The molecule has 1 aliphatic heterocycles. The summed E-state index contributed by atoms with van der Waals surface area (Å²) in [5.74, 6) is 0. The number of nitrogens with two attached hydrogens (primary N) is 1. The number of hydrogen-bond acceptors (Lipinski definition) is 3. The number of carbonyl (C=O) groups excluding carboxylic acids is 1. The van der Waals surface area contributed by atoms with Crippen molar-refractivity contribution in [1.29, 1.82) is 0 Å². The molecule has 0 aromatic heterocycles. The van der Waals surface area contributed by atoms with E-state index in [9.17, 15) is 4.79 Å².